The summed E-state index contributed by atoms with van der Waals surface area (Å²) in [6.07, 6.45) is 2.86. The minimum atomic E-state index is -0.0965. The summed E-state index contributed by atoms with van der Waals surface area (Å²) in [5.41, 5.74) is 6.13. The summed E-state index contributed by atoms with van der Waals surface area (Å²) in [4.78, 5) is 11.3. The third kappa shape index (κ3) is 2.60. The second-order valence-electron chi connectivity index (χ2n) is 4.79. The summed E-state index contributed by atoms with van der Waals surface area (Å²) >= 11 is 0. The van der Waals surface area contributed by atoms with E-state index in [1.807, 2.05) is 60.7 Å². The predicted octanol–water partition coefficient (Wildman–Crippen LogP) is 2.75. The number of nitrogens with one attached hydrogen (secondary N) is 1. The highest BCUT2D eigenvalue weighted by molar-refractivity contribution is 5.70. The third-order valence-electron chi connectivity index (χ3n) is 3.53. The Morgan fingerprint density at radius 2 is 1.81 bits per heavy atom. The molecule has 0 saturated heterocycles. The number of carbonyl (C=O) groups excluding carboxylic acids is 1. The van der Waals surface area contributed by atoms with E-state index in [0.717, 1.165) is 29.0 Å². The molecule has 1 N–H and O–H groups in total. The van der Waals surface area contributed by atoms with Gasteiger partial charge in [0.25, 0.3) is 0 Å². The zero-order chi connectivity index (χ0) is 14.7. The number of amides is 1. The Bertz CT molecular complexity index is 650. The maximum atomic E-state index is 11.3. The molecule has 106 valence electrons. The highest BCUT2D eigenvalue weighted by Gasteiger charge is 2.25. The molecule has 0 radical (unpaired) electrons. The molecule has 1 atom stereocenters. The molecule has 21 heavy (non-hydrogen) atoms. The number of rotatable bonds is 4. The van der Waals surface area contributed by atoms with E-state index >= 15 is 0 Å². The van der Waals surface area contributed by atoms with Gasteiger partial charge in [0.05, 0.1) is 18.8 Å². The van der Waals surface area contributed by atoms with E-state index in [9.17, 15) is 4.79 Å². The van der Waals surface area contributed by atoms with Gasteiger partial charge in [-0.05, 0) is 41.5 Å². The summed E-state index contributed by atoms with van der Waals surface area (Å²) in [6, 6.07) is 17.6. The van der Waals surface area contributed by atoms with Crippen molar-refractivity contribution >= 4 is 12.1 Å². The van der Waals surface area contributed by atoms with E-state index in [1.54, 1.807) is 12.1 Å². The van der Waals surface area contributed by atoms with E-state index < -0.39 is 0 Å². The Balaban J connectivity index is 1.91. The highest BCUT2D eigenvalue weighted by Crippen LogP contribution is 2.30. The molecule has 0 bridgehead atoms. The number of ether oxygens (including phenoxy) is 1. The van der Waals surface area contributed by atoms with Gasteiger partial charge in [-0.3, -0.25) is 10.2 Å². The van der Waals surface area contributed by atoms with E-state index in [0.29, 0.717) is 0 Å². The van der Waals surface area contributed by atoms with E-state index in [2.05, 4.69) is 5.43 Å². The van der Waals surface area contributed by atoms with Crippen molar-refractivity contribution in [3.63, 3.8) is 0 Å². The molecule has 0 aromatic heterocycles. The number of hydrogen-bond acceptors (Lipinski definition) is 3. The zero-order valence-corrected chi connectivity index (χ0v) is 11.7. The van der Waals surface area contributed by atoms with Gasteiger partial charge in [0.15, 0.2) is 0 Å². The average Bonchev–Trinajstić information content (AvgIpc) is 3.00. The molecule has 0 saturated carbocycles. The topological polar surface area (TPSA) is 41.6 Å². The van der Waals surface area contributed by atoms with Crippen LogP contribution in [0.4, 0.5) is 0 Å². The van der Waals surface area contributed by atoms with Crippen LogP contribution in [0.2, 0.25) is 0 Å². The smallest absolute Gasteiger partial charge is 0.229 e. The fraction of sp³-hybridized carbons (Fsp3) is 0.118. The van der Waals surface area contributed by atoms with Gasteiger partial charge < -0.3 is 4.74 Å². The molecule has 0 fully saturated rings. The number of nitrogens with zero attached hydrogens (tertiary/aromatic N) is 1. The van der Waals surface area contributed by atoms with E-state index in [4.69, 9.17) is 4.74 Å². The minimum Gasteiger partial charge on any atom is -0.497 e. The summed E-state index contributed by atoms with van der Waals surface area (Å²) in [5, 5.41) is 1.56. The molecule has 1 aliphatic heterocycles. The van der Waals surface area contributed by atoms with Crippen LogP contribution in [0.1, 0.15) is 17.2 Å². The van der Waals surface area contributed by atoms with Crippen molar-refractivity contribution in [3.05, 3.63) is 71.8 Å². The van der Waals surface area contributed by atoms with Crippen LogP contribution in [0.15, 0.2) is 60.7 Å². The molecule has 4 heteroatoms. The van der Waals surface area contributed by atoms with Crippen molar-refractivity contribution in [2.24, 2.45) is 0 Å². The van der Waals surface area contributed by atoms with Crippen molar-refractivity contribution < 1.29 is 9.53 Å². The number of hydrogen-bond donors (Lipinski definition) is 1. The number of carbonyl (C=O) groups is 1. The third-order valence-corrected chi connectivity index (χ3v) is 3.53. The Morgan fingerprint density at radius 3 is 2.43 bits per heavy atom. The Morgan fingerprint density at radius 1 is 1.10 bits per heavy atom. The molecule has 0 aliphatic carbocycles. The molecular formula is C17H16N2O2. The first-order chi connectivity index (χ1) is 10.3. The summed E-state index contributed by atoms with van der Waals surface area (Å²) in [6.45, 7) is 0. The van der Waals surface area contributed by atoms with Crippen molar-refractivity contribution in [3.8, 4) is 5.75 Å². The van der Waals surface area contributed by atoms with Crippen LogP contribution < -0.4 is 10.2 Å². The molecule has 1 unspecified atom stereocenters. The monoisotopic (exact) mass is 280 g/mol. The zero-order valence-electron chi connectivity index (χ0n) is 11.7. The van der Waals surface area contributed by atoms with Crippen molar-refractivity contribution in [2.75, 3.05) is 7.11 Å². The number of benzene rings is 2. The first kappa shape index (κ1) is 13.2. The lowest BCUT2D eigenvalue weighted by atomic mass is 10.0. The fourth-order valence-corrected chi connectivity index (χ4v) is 2.41. The predicted molar refractivity (Wildman–Crippen MR) is 81.2 cm³/mol. The molecule has 3 rings (SSSR count). The second-order valence-corrected chi connectivity index (χ2v) is 4.79. The van der Waals surface area contributed by atoms with Crippen LogP contribution in [0.25, 0.3) is 5.70 Å². The van der Waals surface area contributed by atoms with Crippen molar-refractivity contribution in [1.82, 2.24) is 10.4 Å². The molecule has 2 aromatic rings. The summed E-state index contributed by atoms with van der Waals surface area (Å²) in [7, 11) is 1.64. The number of hydrazine groups is 1. The Labute approximate surface area is 123 Å². The van der Waals surface area contributed by atoms with Gasteiger partial charge in [-0.2, -0.15) is 0 Å². The lowest BCUT2D eigenvalue weighted by Crippen LogP contribution is -2.32. The second kappa shape index (κ2) is 5.71. The highest BCUT2D eigenvalue weighted by atomic mass is 16.5. The van der Waals surface area contributed by atoms with Crippen LogP contribution >= 0.6 is 0 Å². The van der Waals surface area contributed by atoms with Gasteiger partial charge in [-0.1, -0.05) is 30.3 Å². The van der Waals surface area contributed by atoms with Crippen molar-refractivity contribution in [2.45, 2.75) is 6.04 Å². The van der Waals surface area contributed by atoms with E-state index in [1.165, 1.54) is 0 Å². The molecule has 2 aromatic carbocycles. The largest absolute Gasteiger partial charge is 0.497 e. The maximum Gasteiger partial charge on any atom is 0.229 e. The Hall–Kier alpha value is -2.75. The maximum absolute atomic E-state index is 11.3. The first-order valence-corrected chi connectivity index (χ1v) is 6.73. The van der Waals surface area contributed by atoms with Crippen LogP contribution in [0.3, 0.4) is 0 Å². The van der Waals surface area contributed by atoms with Gasteiger partial charge in [0.1, 0.15) is 5.75 Å². The van der Waals surface area contributed by atoms with Gasteiger partial charge in [0, 0.05) is 0 Å². The van der Waals surface area contributed by atoms with Crippen molar-refractivity contribution in [1.29, 1.82) is 0 Å². The quantitative estimate of drug-likeness (QED) is 0.876. The molecule has 4 nitrogen and oxygen atoms in total. The fourth-order valence-electron chi connectivity index (χ4n) is 2.41. The lowest BCUT2D eigenvalue weighted by molar-refractivity contribution is -0.120. The van der Waals surface area contributed by atoms with Gasteiger partial charge in [0.2, 0.25) is 6.41 Å². The van der Waals surface area contributed by atoms with Crippen LogP contribution in [0, 0.1) is 0 Å². The van der Waals surface area contributed by atoms with Crippen LogP contribution in [0.5, 0.6) is 5.75 Å². The summed E-state index contributed by atoms with van der Waals surface area (Å²) < 4.78 is 5.16. The molecule has 0 spiro atoms. The standard InChI is InChI=1S/C17H16N2O2/c1-21-15-9-7-13(8-10-15)16-11-17(19(12-20)18-16)14-5-3-2-4-6-14/h2-12,17-18H,1H3. The lowest BCUT2D eigenvalue weighted by Gasteiger charge is -2.20. The van der Waals surface area contributed by atoms with Gasteiger partial charge in [-0.25, -0.2) is 5.01 Å². The van der Waals surface area contributed by atoms with E-state index in [-0.39, 0.29) is 6.04 Å². The Kier molecular flexibility index (Phi) is 3.60. The molecule has 1 heterocycles. The van der Waals surface area contributed by atoms with Crippen LogP contribution in [-0.4, -0.2) is 18.5 Å². The van der Waals surface area contributed by atoms with Crippen LogP contribution in [-0.2, 0) is 4.79 Å². The van der Waals surface area contributed by atoms with Gasteiger partial charge in [-0.15, -0.1) is 0 Å². The molecular weight excluding hydrogens is 264 g/mol. The SMILES string of the molecule is COc1ccc(C2=CC(c3ccccc3)N(C=O)N2)cc1. The number of methoxy groups -OCH3 is 1. The normalized spacial score (nSPS) is 17.1. The molecule has 1 amide bonds. The summed E-state index contributed by atoms with van der Waals surface area (Å²) in [5.74, 6) is 0.809. The first-order valence-electron chi connectivity index (χ1n) is 6.73. The van der Waals surface area contributed by atoms with Gasteiger partial charge >= 0.3 is 0 Å². The average molecular weight is 280 g/mol. The molecule has 1 aliphatic rings. The minimum absolute atomic E-state index is 0.0965.